The van der Waals surface area contributed by atoms with Gasteiger partial charge in [-0.3, -0.25) is 10.1 Å². The topological polar surface area (TPSA) is 81.2 Å². The minimum Gasteiger partial charge on any atom is -0.378 e. The first-order valence-electron chi connectivity index (χ1n) is 4.66. The summed E-state index contributed by atoms with van der Waals surface area (Å²) in [6.07, 6.45) is -4.60. The van der Waals surface area contributed by atoms with Gasteiger partial charge in [0.05, 0.1) is 10.5 Å². The molecule has 1 aromatic rings. The second-order valence-corrected chi connectivity index (χ2v) is 3.20. The van der Waals surface area contributed by atoms with Crippen LogP contribution in [0.25, 0.3) is 0 Å². The van der Waals surface area contributed by atoms with E-state index in [-0.39, 0.29) is 18.8 Å². The number of hydrogen-bond acceptors (Lipinski definition) is 4. The molecule has 1 rings (SSSR count). The first-order chi connectivity index (χ1) is 7.86. The number of nitrogens with one attached hydrogen (secondary N) is 1. The summed E-state index contributed by atoms with van der Waals surface area (Å²) in [6, 6.07) is 2.31. The molecule has 0 heterocycles. The van der Waals surface area contributed by atoms with Crippen LogP contribution in [0.3, 0.4) is 0 Å². The summed E-state index contributed by atoms with van der Waals surface area (Å²) in [5.74, 6) is 0. The fraction of sp³-hybridized carbons (Fsp3) is 0.333. The summed E-state index contributed by atoms with van der Waals surface area (Å²) in [5.41, 5.74) is 3.54. The Bertz CT molecular complexity index is 420. The maximum atomic E-state index is 12.4. The van der Waals surface area contributed by atoms with Crippen LogP contribution in [0.5, 0.6) is 0 Å². The van der Waals surface area contributed by atoms with Crippen LogP contribution in [0.4, 0.5) is 24.5 Å². The lowest BCUT2D eigenvalue weighted by atomic mass is 10.1. The summed E-state index contributed by atoms with van der Waals surface area (Å²) in [5, 5.41) is 13.2. The van der Waals surface area contributed by atoms with Gasteiger partial charge in [0.2, 0.25) is 0 Å². The van der Waals surface area contributed by atoms with Crippen LogP contribution in [0.15, 0.2) is 18.2 Å². The van der Waals surface area contributed by atoms with Gasteiger partial charge in [-0.1, -0.05) is 0 Å². The van der Waals surface area contributed by atoms with Gasteiger partial charge in [0.1, 0.15) is 5.69 Å². The van der Waals surface area contributed by atoms with Crippen molar-refractivity contribution in [3.05, 3.63) is 33.9 Å². The largest absolute Gasteiger partial charge is 0.416 e. The lowest BCUT2D eigenvalue weighted by Gasteiger charge is -2.09. The Balaban J connectivity index is 3.13. The van der Waals surface area contributed by atoms with Crippen LogP contribution < -0.4 is 11.1 Å². The Morgan fingerprint density at radius 3 is 2.53 bits per heavy atom. The average Bonchev–Trinajstić information content (AvgIpc) is 2.24. The number of rotatable bonds is 4. The molecule has 0 spiro atoms. The summed E-state index contributed by atoms with van der Waals surface area (Å²) in [6.45, 7) is 0.463. The van der Waals surface area contributed by atoms with Crippen LogP contribution in [-0.4, -0.2) is 18.0 Å². The van der Waals surface area contributed by atoms with Crippen molar-refractivity contribution in [3.63, 3.8) is 0 Å². The van der Waals surface area contributed by atoms with Gasteiger partial charge in [-0.05, 0) is 12.1 Å². The molecule has 0 radical (unpaired) electrons. The van der Waals surface area contributed by atoms with E-state index in [9.17, 15) is 23.3 Å². The third-order valence-corrected chi connectivity index (χ3v) is 1.98. The number of nitro groups is 1. The zero-order chi connectivity index (χ0) is 13.1. The predicted octanol–water partition coefficient (Wildman–Crippen LogP) is 1.98. The van der Waals surface area contributed by atoms with Crippen molar-refractivity contribution in [1.29, 1.82) is 0 Å². The van der Waals surface area contributed by atoms with Crippen molar-refractivity contribution in [2.45, 2.75) is 6.18 Å². The highest BCUT2D eigenvalue weighted by molar-refractivity contribution is 5.62. The maximum absolute atomic E-state index is 12.4. The average molecular weight is 249 g/mol. The molecule has 0 aliphatic heterocycles. The molecule has 1 aromatic carbocycles. The number of anilines is 1. The molecule has 0 bridgehead atoms. The molecule has 0 amide bonds. The molecule has 3 N–H and O–H groups in total. The molecule has 94 valence electrons. The minimum atomic E-state index is -4.60. The van der Waals surface area contributed by atoms with E-state index in [0.29, 0.717) is 6.07 Å². The Morgan fingerprint density at radius 1 is 1.41 bits per heavy atom. The molecule has 0 aromatic heterocycles. The van der Waals surface area contributed by atoms with E-state index < -0.39 is 22.4 Å². The fourth-order valence-electron chi connectivity index (χ4n) is 1.22. The molecule has 17 heavy (non-hydrogen) atoms. The summed E-state index contributed by atoms with van der Waals surface area (Å²) in [4.78, 5) is 9.76. The molecule has 0 atom stereocenters. The first-order valence-corrected chi connectivity index (χ1v) is 4.66. The van der Waals surface area contributed by atoms with Gasteiger partial charge in [0, 0.05) is 19.2 Å². The van der Waals surface area contributed by atoms with E-state index in [0.717, 1.165) is 12.1 Å². The standard InChI is InChI=1S/C9H10F3N3O2/c10-9(11,12)6-1-2-7(14-4-3-13)8(5-6)15(16)17/h1-2,5,14H,3-4,13H2. The van der Waals surface area contributed by atoms with Crippen molar-refractivity contribution < 1.29 is 18.1 Å². The van der Waals surface area contributed by atoms with Crippen molar-refractivity contribution in [2.24, 2.45) is 5.73 Å². The summed E-state index contributed by atoms with van der Waals surface area (Å²) < 4.78 is 37.1. The van der Waals surface area contributed by atoms with Crippen LogP contribution in [-0.2, 0) is 6.18 Å². The molecule has 0 aliphatic carbocycles. The zero-order valence-corrected chi connectivity index (χ0v) is 8.62. The molecule has 8 heteroatoms. The summed E-state index contributed by atoms with van der Waals surface area (Å²) in [7, 11) is 0. The Kier molecular flexibility index (Phi) is 3.89. The van der Waals surface area contributed by atoms with Crippen LogP contribution in [0, 0.1) is 10.1 Å². The van der Waals surface area contributed by atoms with Gasteiger partial charge in [-0.15, -0.1) is 0 Å². The van der Waals surface area contributed by atoms with Crippen molar-refractivity contribution in [2.75, 3.05) is 18.4 Å². The quantitative estimate of drug-likeness (QED) is 0.631. The van der Waals surface area contributed by atoms with E-state index >= 15 is 0 Å². The van der Waals surface area contributed by atoms with Crippen LogP contribution in [0.2, 0.25) is 0 Å². The van der Waals surface area contributed by atoms with Crippen molar-refractivity contribution in [3.8, 4) is 0 Å². The van der Waals surface area contributed by atoms with Gasteiger partial charge in [-0.2, -0.15) is 13.2 Å². The first kappa shape index (κ1) is 13.2. The number of hydrogen-bond donors (Lipinski definition) is 2. The highest BCUT2D eigenvalue weighted by atomic mass is 19.4. The van der Waals surface area contributed by atoms with Gasteiger partial charge >= 0.3 is 6.18 Å². The minimum absolute atomic E-state index is 0.0217. The van der Waals surface area contributed by atoms with E-state index in [2.05, 4.69) is 5.32 Å². The molecule has 0 unspecified atom stereocenters. The highest BCUT2D eigenvalue weighted by Gasteiger charge is 2.32. The third kappa shape index (κ3) is 3.31. The Labute approximate surface area is 94.6 Å². The zero-order valence-electron chi connectivity index (χ0n) is 8.62. The van der Waals surface area contributed by atoms with Gasteiger partial charge in [-0.25, -0.2) is 0 Å². The highest BCUT2D eigenvalue weighted by Crippen LogP contribution is 2.34. The second-order valence-electron chi connectivity index (χ2n) is 3.20. The third-order valence-electron chi connectivity index (χ3n) is 1.98. The number of benzene rings is 1. The maximum Gasteiger partial charge on any atom is 0.416 e. The number of nitrogens with two attached hydrogens (primary N) is 1. The Morgan fingerprint density at radius 2 is 2.06 bits per heavy atom. The fourth-order valence-corrected chi connectivity index (χ4v) is 1.22. The normalized spacial score (nSPS) is 11.3. The summed E-state index contributed by atoms with van der Waals surface area (Å²) >= 11 is 0. The molecule has 0 aliphatic rings. The number of alkyl halides is 3. The smallest absolute Gasteiger partial charge is 0.378 e. The van der Waals surface area contributed by atoms with Gasteiger partial charge < -0.3 is 11.1 Å². The van der Waals surface area contributed by atoms with Gasteiger partial charge in [0.15, 0.2) is 0 Å². The van der Waals surface area contributed by atoms with Gasteiger partial charge in [0.25, 0.3) is 5.69 Å². The number of halogens is 3. The Hall–Kier alpha value is -1.83. The lowest BCUT2D eigenvalue weighted by molar-refractivity contribution is -0.384. The van der Waals surface area contributed by atoms with Crippen LogP contribution in [0.1, 0.15) is 5.56 Å². The molecular formula is C9H10F3N3O2. The monoisotopic (exact) mass is 249 g/mol. The predicted molar refractivity (Wildman–Crippen MR) is 55.6 cm³/mol. The number of nitro benzene ring substituents is 1. The van der Waals surface area contributed by atoms with Crippen molar-refractivity contribution >= 4 is 11.4 Å². The van der Waals surface area contributed by atoms with E-state index in [1.165, 1.54) is 0 Å². The molecular weight excluding hydrogens is 239 g/mol. The SMILES string of the molecule is NCCNc1ccc(C(F)(F)F)cc1[N+](=O)[O-]. The van der Waals surface area contributed by atoms with Crippen LogP contribution >= 0.6 is 0 Å². The number of nitrogens with zero attached hydrogens (tertiary/aromatic N) is 1. The lowest BCUT2D eigenvalue weighted by Crippen LogP contribution is -2.14. The van der Waals surface area contributed by atoms with E-state index in [4.69, 9.17) is 5.73 Å². The van der Waals surface area contributed by atoms with E-state index in [1.54, 1.807) is 0 Å². The van der Waals surface area contributed by atoms with Crippen molar-refractivity contribution in [1.82, 2.24) is 0 Å². The van der Waals surface area contributed by atoms with E-state index in [1.807, 2.05) is 0 Å². The molecule has 5 nitrogen and oxygen atoms in total. The molecule has 0 fully saturated rings. The second kappa shape index (κ2) is 5.00. The molecule has 0 saturated carbocycles. The molecule has 0 saturated heterocycles.